The Hall–Kier alpha value is -2.98. The number of nitrogens with two attached hydrogens (primary N) is 1. The summed E-state index contributed by atoms with van der Waals surface area (Å²) in [4.78, 5) is 27.7. The number of rotatable bonds is 9. The van der Waals surface area contributed by atoms with Gasteiger partial charge in [0.05, 0.1) is 35.1 Å². The van der Waals surface area contributed by atoms with Gasteiger partial charge in [-0.25, -0.2) is 9.97 Å². The molecule has 0 aliphatic carbocycles. The molecule has 1 unspecified atom stereocenters. The van der Waals surface area contributed by atoms with Gasteiger partial charge in [-0.05, 0) is 30.4 Å². The van der Waals surface area contributed by atoms with Gasteiger partial charge in [-0.3, -0.25) is 4.79 Å². The van der Waals surface area contributed by atoms with Crippen LogP contribution in [0, 0.1) is 5.92 Å². The highest BCUT2D eigenvalue weighted by Gasteiger charge is 2.31. The molecule has 0 saturated carbocycles. The minimum atomic E-state index is -0.212. The van der Waals surface area contributed by atoms with Gasteiger partial charge in [-0.15, -0.1) is 0 Å². The second-order valence-electron chi connectivity index (χ2n) is 8.56. The van der Waals surface area contributed by atoms with Gasteiger partial charge in [-0.2, -0.15) is 0 Å². The molecule has 5 rings (SSSR count). The second-order valence-corrected chi connectivity index (χ2v) is 10.7. The Morgan fingerprint density at radius 3 is 3.00 bits per heavy atom. The number of carbonyl (C=O) groups is 1. The van der Waals surface area contributed by atoms with Crippen molar-refractivity contribution in [2.75, 3.05) is 25.0 Å². The number of fused-ring (bicyclic) bond motifs is 1. The van der Waals surface area contributed by atoms with E-state index in [0.717, 1.165) is 66.9 Å². The maximum absolute atomic E-state index is 11.9. The molecule has 4 heterocycles. The maximum atomic E-state index is 11.9. The highest BCUT2D eigenvalue weighted by molar-refractivity contribution is 7.96. The molecule has 1 amide bonds. The van der Waals surface area contributed by atoms with Gasteiger partial charge in [0.2, 0.25) is 5.91 Å². The summed E-state index contributed by atoms with van der Waals surface area (Å²) in [5, 5.41) is 4.39. The summed E-state index contributed by atoms with van der Waals surface area (Å²) in [5.74, 6) is 0.573. The van der Waals surface area contributed by atoms with Crippen molar-refractivity contribution in [3.63, 3.8) is 0 Å². The Kier molecular flexibility index (Phi) is 7.05. The van der Waals surface area contributed by atoms with Crippen LogP contribution >= 0.6 is 23.3 Å². The first kappa shape index (κ1) is 22.8. The number of hydrogen-bond acceptors (Lipinski definition) is 8. The molecule has 3 aromatic rings. The Morgan fingerprint density at radius 2 is 2.21 bits per heavy atom. The van der Waals surface area contributed by atoms with Gasteiger partial charge in [0.1, 0.15) is 5.69 Å². The zero-order valence-electron chi connectivity index (χ0n) is 18.9. The molecule has 1 fully saturated rings. The number of H-pyrrole nitrogens is 1. The van der Waals surface area contributed by atoms with Crippen LogP contribution in [0.3, 0.4) is 0 Å². The van der Waals surface area contributed by atoms with E-state index in [1.165, 1.54) is 10.4 Å². The SMILES string of the molecule is NC(=O)C1CCCN(C2=CN(SCc3ccccc3)Cc3sc(NCCc4c[nH]cn4)nc32)C1. The Morgan fingerprint density at radius 1 is 1.32 bits per heavy atom. The predicted octanol–water partition coefficient (Wildman–Crippen LogP) is 3.68. The van der Waals surface area contributed by atoms with E-state index in [1.807, 2.05) is 12.3 Å². The van der Waals surface area contributed by atoms with Crippen LogP contribution in [0.2, 0.25) is 0 Å². The van der Waals surface area contributed by atoms with Crippen molar-refractivity contribution in [3.8, 4) is 0 Å². The number of hydrogen-bond donors (Lipinski definition) is 3. The minimum Gasteiger partial charge on any atom is -0.369 e. The lowest BCUT2D eigenvalue weighted by Gasteiger charge is -2.37. The quantitative estimate of drug-likeness (QED) is 0.389. The maximum Gasteiger partial charge on any atom is 0.222 e. The molecule has 4 N–H and O–H groups in total. The van der Waals surface area contributed by atoms with E-state index in [0.29, 0.717) is 6.54 Å². The van der Waals surface area contributed by atoms with E-state index in [1.54, 1.807) is 29.6 Å². The van der Waals surface area contributed by atoms with Crippen molar-refractivity contribution < 1.29 is 4.79 Å². The lowest BCUT2D eigenvalue weighted by atomic mass is 9.96. The zero-order chi connectivity index (χ0) is 23.3. The summed E-state index contributed by atoms with van der Waals surface area (Å²) in [6.07, 6.45) is 8.47. The molecular formula is C24H29N7OS2. The van der Waals surface area contributed by atoms with Crippen LogP contribution in [0.1, 0.15) is 34.7 Å². The first-order chi connectivity index (χ1) is 16.7. The van der Waals surface area contributed by atoms with E-state index in [4.69, 9.17) is 10.7 Å². The zero-order valence-corrected chi connectivity index (χ0v) is 20.6. The number of piperidine rings is 1. The molecule has 0 radical (unpaired) electrons. The van der Waals surface area contributed by atoms with Gasteiger partial charge >= 0.3 is 0 Å². The van der Waals surface area contributed by atoms with E-state index >= 15 is 0 Å². The number of carbonyl (C=O) groups excluding carboxylic acids is 1. The molecule has 1 saturated heterocycles. The first-order valence-corrected chi connectivity index (χ1v) is 13.3. The fourth-order valence-electron chi connectivity index (χ4n) is 4.32. The molecule has 0 bridgehead atoms. The first-order valence-electron chi connectivity index (χ1n) is 11.6. The molecule has 178 valence electrons. The number of anilines is 1. The summed E-state index contributed by atoms with van der Waals surface area (Å²) >= 11 is 3.51. The van der Waals surface area contributed by atoms with E-state index in [9.17, 15) is 4.79 Å². The second kappa shape index (κ2) is 10.5. The Balaban J connectivity index is 1.33. The van der Waals surface area contributed by atoms with Crippen molar-refractivity contribution in [1.29, 1.82) is 0 Å². The standard InChI is InChI=1S/C24H29N7OS2/c25-23(32)18-7-4-10-30(12-18)20-13-31(33-15-17-5-2-1-3-6-17)14-21-22(20)29-24(34-21)27-9-8-19-11-26-16-28-19/h1-3,5-6,11,13,16,18H,4,7-10,12,14-15H2,(H2,25,32)(H,26,28)(H,27,29). The van der Waals surface area contributed by atoms with Crippen molar-refractivity contribution in [2.24, 2.45) is 11.7 Å². The predicted molar refractivity (Wildman–Crippen MR) is 138 cm³/mol. The van der Waals surface area contributed by atoms with Crippen LogP contribution in [-0.4, -0.2) is 49.7 Å². The topological polar surface area (TPSA) is 103 Å². The summed E-state index contributed by atoms with van der Waals surface area (Å²) in [7, 11) is 0. The van der Waals surface area contributed by atoms with Crippen LogP contribution in [-0.2, 0) is 23.5 Å². The highest BCUT2D eigenvalue weighted by atomic mass is 32.2. The van der Waals surface area contributed by atoms with Crippen molar-refractivity contribution >= 4 is 40.0 Å². The van der Waals surface area contributed by atoms with Crippen molar-refractivity contribution in [1.82, 2.24) is 24.2 Å². The largest absolute Gasteiger partial charge is 0.369 e. The number of nitrogens with zero attached hydrogens (tertiary/aromatic N) is 4. The number of aromatic nitrogens is 3. The monoisotopic (exact) mass is 495 g/mol. The number of amides is 1. The van der Waals surface area contributed by atoms with Crippen LogP contribution in [0.25, 0.3) is 5.70 Å². The molecule has 34 heavy (non-hydrogen) atoms. The lowest BCUT2D eigenvalue weighted by molar-refractivity contribution is -0.123. The van der Waals surface area contributed by atoms with Crippen LogP contribution in [0.5, 0.6) is 0 Å². The smallest absolute Gasteiger partial charge is 0.222 e. The van der Waals surface area contributed by atoms with Gasteiger partial charge in [0.15, 0.2) is 5.13 Å². The third-order valence-electron chi connectivity index (χ3n) is 6.12. The Labute approximate surface area is 207 Å². The lowest BCUT2D eigenvalue weighted by Crippen LogP contribution is -2.41. The van der Waals surface area contributed by atoms with Gasteiger partial charge in [0.25, 0.3) is 0 Å². The third kappa shape index (κ3) is 5.39. The fraction of sp³-hybridized carbons (Fsp3) is 0.375. The van der Waals surface area contributed by atoms with Gasteiger partial charge in [0, 0.05) is 44.2 Å². The molecule has 2 aromatic heterocycles. The molecule has 8 nitrogen and oxygen atoms in total. The summed E-state index contributed by atoms with van der Waals surface area (Å²) < 4.78 is 2.30. The fourth-order valence-corrected chi connectivity index (χ4v) is 6.30. The summed E-state index contributed by atoms with van der Waals surface area (Å²) in [6.45, 7) is 3.14. The van der Waals surface area contributed by atoms with Crippen molar-refractivity contribution in [2.45, 2.75) is 31.6 Å². The molecule has 1 aromatic carbocycles. The molecule has 0 spiro atoms. The number of primary amides is 1. The molecule has 10 heteroatoms. The average Bonchev–Trinajstić information content (AvgIpc) is 3.53. The highest BCUT2D eigenvalue weighted by Crippen LogP contribution is 2.39. The van der Waals surface area contributed by atoms with E-state index in [-0.39, 0.29) is 11.8 Å². The summed E-state index contributed by atoms with van der Waals surface area (Å²) in [5.41, 5.74) is 10.1. The molecule has 2 aliphatic heterocycles. The van der Waals surface area contributed by atoms with E-state index in [2.05, 4.69) is 55.0 Å². The Bertz CT molecular complexity index is 1130. The summed E-state index contributed by atoms with van der Waals surface area (Å²) in [6, 6.07) is 10.5. The molecular weight excluding hydrogens is 466 g/mol. The minimum absolute atomic E-state index is 0.115. The number of benzene rings is 1. The number of thiazole rings is 1. The number of likely N-dealkylation sites (tertiary alicyclic amines) is 1. The van der Waals surface area contributed by atoms with Crippen LogP contribution < -0.4 is 11.1 Å². The van der Waals surface area contributed by atoms with Gasteiger partial charge < -0.3 is 25.2 Å². The molecule has 1 atom stereocenters. The number of aromatic amines is 1. The number of imidazole rings is 1. The number of nitrogens with one attached hydrogen (secondary N) is 2. The third-order valence-corrected chi connectivity index (χ3v) is 8.15. The average molecular weight is 496 g/mol. The normalized spacial score (nSPS) is 17.9. The van der Waals surface area contributed by atoms with Crippen LogP contribution in [0.15, 0.2) is 49.1 Å². The van der Waals surface area contributed by atoms with E-state index < -0.39 is 0 Å². The molecule has 2 aliphatic rings. The van der Waals surface area contributed by atoms with Crippen LogP contribution in [0.4, 0.5) is 5.13 Å². The van der Waals surface area contributed by atoms with Crippen molar-refractivity contribution in [3.05, 3.63) is 70.9 Å². The van der Waals surface area contributed by atoms with Gasteiger partial charge in [-0.1, -0.05) is 41.7 Å².